The lowest BCUT2D eigenvalue weighted by molar-refractivity contribution is -0.126. The van der Waals surface area contributed by atoms with Gasteiger partial charge in [0.05, 0.1) is 17.7 Å². The highest BCUT2D eigenvalue weighted by Gasteiger charge is 2.35. The Morgan fingerprint density at radius 3 is 3.06 bits per heavy atom. The molecule has 0 amide bonds. The number of hydrogen-bond donors (Lipinski definition) is 1. The van der Waals surface area contributed by atoms with Gasteiger partial charge in [0.15, 0.2) is 10.7 Å². The predicted molar refractivity (Wildman–Crippen MR) is 68.8 cm³/mol. The van der Waals surface area contributed by atoms with Crippen molar-refractivity contribution in [1.29, 1.82) is 0 Å². The smallest absolute Gasteiger partial charge is 0.193 e. The van der Waals surface area contributed by atoms with Gasteiger partial charge >= 0.3 is 0 Å². The third kappa shape index (κ3) is 2.07. The van der Waals surface area contributed by atoms with Crippen LogP contribution in [-0.2, 0) is 16.0 Å². The van der Waals surface area contributed by atoms with Crippen molar-refractivity contribution < 1.29 is 9.53 Å². The van der Waals surface area contributed by atoms with Crippen LogP contribution >= 0.6 is 11.3 Å². The first-order valence-corrected chi connectivity index (χ1v) is 6.86. The lowest BCUT2D eigenvalue weighted by Crippen LogP contribution is -2.52. The number of aromatic nitrogens is 2. The molecule has 0 spiro atoms. The Kier molecular flexibility index (Phi) is 2.93. The lowest BCUT2D eigenvalue weighted by Gasteiger charge is -2.31. The number of thiazole rings is 1. The summed E-state index contributed by atoms with van der Waals surface area (Å²) >= 11 is 1.56. The van der Waals surface area contributed by atoms with Crippen LogP contribution in [0.5, 0.6) is 0 Å². The SMILES string of the molecule is NC1(C(=O)Cc2cn3ccsc3n2)CCOCC1. The van der Waals surface area contributed by atoms with E-state index in [2.05, 4.69) is 4.98 Å². The molecule has 96 valence electrons. The minimum absolute atomic E-state index is 0.0663. The first-order chi connectivity index (χ1) is 8.67. The average molecular weight is 265 g/mol. The van der Waals surface area contributed by atoms with E-state index in [4.69, 9.17) is 10.5 Å². The van der Waals surface area contributed by atoms with Gasteiger partial charge in [-0.3, -0.25) is 9.20 Å². The molecule has 1 fully saturated rings. The zero-order chi connectivity index (χ0) is 12.6. The second kappa shape index (κ2) is 4.46. The number of ketones is 1. The van der Waals surface area contributed by atoms with Gasteiger partial charge in [-0.25, -0.2) is 4.98 Å². The molecule has 2 aromatic heterocycles. The maximum Gasteiger partial charge on any atom is 0.193 e. The summed E-state index contributed by atoms with van der Waals surface area (Å²) in [5.74, 6) is 0.0663. The van der Waals surface area contributed by atoms with Crippen molar-refractivity contribution in [2.75, 3.05) is 13.2 Å². The largest absolute Gasteiger partial charge is 0.381 e. The zero-order valence-electron chi connectivity index (χ0n) is 9.96. The number of ether oxygens (including phenoxy) is 1. The van der Waals surface area contributed by atoms with Gasteiger partial charge < -0.3 is 10.5 Å². The number of nitrogens with zero attached hydrogens (tertiary/aromatic N) is 2. The van der Waals surface area contributed by atoms with Crippen LogP contribution in [0.4, 0.5) is 0 Å². The minimum Gasteiger partial charge on any atom is -0.381 e. The van der Waals surface area contributed by atoms with Crippen molar-refractivity contribution in [2.24, 2.45) is 5.73 Å². The Morgan fingerprint density at radius 1 is 1.56 bits per heavy atom. The quantitative estimate of drug-likeness (QED) is 0.899. The number of hydrogen-bond acceptors (Lipinski definition) is 5. The molecule has 3 heterocycles. The van der Waals surface area contributed by atoms with Crippen LogP contribution in [0.15, 0.2) is 17.8 Å². The molecule has 1 saturated heterocycles. The number of fused-ring (bicyclic) bond motifs is 1. The van der Waals surface area contributed by atoms with Crippen molar-refractivity contribution in [1.82, 2.24) is 9.38 Å². The third-order valence-corrected chi connectivity index (χ3v) is 4.20. The molecular formula is C12H15N3O2S. The van der Waals surface area contributed by atoms with Crippen molar-refractivity contribution in [3.05, 3.63) is 23.5 Å². The van der Waals surface area contributed by atoms with Gasteiger partial charge in [0.25, 0.3) is 0 Å². The summed E-state index contributed by atoms with van der Waals surface area (Å²) in [5, 5.41) is 1.97. The number of carbonyl (C=O) groups excluding carboxylic acids is 1. The number of rotatable bonds is 3. The molecule has 2 aromatic rings. The molecule has 5 nitrogen and oxygen atoms in total. The van der Waals surface area contributed by atoms with Crippen LogP contribution in [0.2, 0.25) is 0 Å². The molecule has 3 rings (SSSR count). The summed E-state index contributed by atoms with van der Waals surface area (Å²) in [7, 11) is 0. The number of nitrogens with two attached hydrogens (primary N) is 1. The Morgan fingerprint density at radius 2 is 2.33 bits per heavy atom. The molecular weight excluding hydrogens is 250 g/mol. The van der Waals surface area contributed by atoms with Crippen LogP contribution in [0.3, 0.4) is 0 Å². The molecule has 18 heavy (non-hydrogen) atoms. The number of carbonyl (C=O) groups is 1. The molecule has 0 saturated carbocycles. The number of imidazole rings is 1. The summed E-state index contributed by atoms with van der Waals surface area (Å²) in [5.41, 5.74) is 6.23. The average Bonchev–Trinajstić information content (AvgIpc) is 2.90. The van der Waals surface area contributed by atoms with Gasteiger partial charge in [0, 0.05) is 31.0 Å². The van der Waals surface area contributed by atoms with E-state index >= 15 is 0 Å². The van der Waals surface area contributed by atoms with Crippen LogP contribution in [-0.4, -0.2) is 33.9 Å². The van der Waals surface area contributed by atoms with Gasteiger partial charge in [0.2, 0.25) is 0 Å². The van der Waals surface area contributed by atoms with Crippen molar-refractivity contribution in [3.8, 4) is 0 Å². The Bertz CT molecular complexity index is 540. The highest BCUT2D eigenvalue weighted by molar-refractivity contribution is 7.15. The van der Waals surface area contributed by atoms with Gasteiger partial charge in [0.1, 0.15) is 0 Å². The summed E-state index contributed by atoms with van der Waals surface area (Å²) in [4.78, 5) is 17.6. The summed E-state index contributed by atoms with van der Waals surface area (Å²) in [6.45, 7) is 1.14. The van der Waals surface area contributed by atoms with E-state index in [1.165, 1.54) is 0 Å². The summed E-state index contributed by atoms with van der Waals surface area (Å²) in [6, 6.07) is 0. The topological polar surface area (TPSA) is 69.6 Å². The zero-order valence-corrected chi connectivity index (χ0v) is 10.8. The fraction of sp³-hybridized carbons (Fsp3) is 0.500. The van der Waals surface area contributed by atoms with Crippen molar-refractivity contribution >= 4 is 22.1 Å². The van der Waals surface area contributed by atoms with Crippen LogP contribution in [0.25, 0.3) is 4.96 Å². The molecule has 0 aromatic carbocycles. The molecule has 1 aliphatic heterocycles. The molecule has 0 aliphatic carbocycles. The van der Waals surface area contributed by atoms with Gasteiger partial charge in [-0.15, -0.1) is 11.3 Å². The molecule has 0 unspecified atom stereocenters. The predicted octanol–water partition coefficient (Wildman–Crippen LogP) is 1.02. The third-order valence-electron chi connectivity index (χ3n) is 3.43. The van der Waals surface area contributed by atoms with E-state index < -0.39 is 5.54 Å². The summed E-state index contributed by atoms with van der Waals surface area (Å²) in [6.07, 6.45) is 5.35. The molecule has 0 radical (unpaired) electrons. The van der Waals surface area contributed by atoms with E-state index in [-0.39, 0.29) is 5.78 Å². The normalized spacial score (nSPS) is 19.2. The minimum atomic E-state index is -0.727. The maximum absolute atomic E-state index is 12.3. The van der Waals surface area contributed by atoms with Crippen LogP contribution in [0.1, 0.15) is 18.5 Å². The van der Waals surface area contributed by atoms with Gasteiger partial charge in [-0.2, -0.15) is 0 Å². The van der Waals surface area contributed by atoms with Crippen LogP contribution in [0, 0.1) is 0 Å². The second-order valence-electron chi connectivity index (χ2n) is 4.69. The molecule has 2 N–H and O–H groups in total. The standard InChI is InChI=1S/C12H15N3O2S/c13-12(1-4-17-5-2-12)10(16)7-9-8-15-3-6-18-11(15)14-9/h3,6,8H,1-2,4-5,7,13H2. The first kappa shape index (κ1) is 11.8. The van der Waals surface area contributed by atoms with Crippen molar-refractivity contribution in [3.63, 3.8) is 0 Å². The highest BCUT2D eigenvalue weighted by Crippen LogP contribution is 2.21. The lowest BCUT2D eigenvalue weighted by atomic mass is 9.85. The Labute approximate surface area is 109 Å². The first-order valence-electron chi connectivity index (χ1n) is 5.98. The molecule has 1 aliphatic rings. The molecule has 0 atom stereocenters. The van der Waals surface area contributed by atoms with Gasteiger partial charge in [-0.05, 0) is 12.8 Å². The number of Topliss-reactive ketones (excluding diaryl/α,β-unsaturated/α-hetero) is 1. The van der Waals surface area contributed by atoms with Gasteiger partial charge in [-0.1, -0.05) is 0 Å². The van der Waals surface area contributed by atoms with E-state index in [1.807, 2.05) is 22.2 Å². The monoisotopic (exact) mass is 265 g/mol. The fourth-order valence-corrected chi connectivity index (χ4v) is 2.94. The molecule has 0 bridgehead atoms. The summed E-state index contributed by atoms with van der Waals surface area (Å²) < 4.78 is 7.18. The fourth-order valence-electron chi connectivity index (χ4n) is 2.22. The molecule has 6 heteroatoms. The van der Waals surface area contributed by atoms with Crippen molar-refractivity contribution in [2.45, 2.75) is 24.8 Å². The Hall–Kier alpha value is -1.24. The van der Waals surface area contributed by atoms with E-state index in [9.17, 15) is 4.79 Å². The van der Waals surface area contributed by atoms with Crippen LogP contribution < -0.4 is 5.73 Å². The van der Waals surface area contributed by atoms with E-state index in [0.717, 1.165) is 10.7 Å². The second-order valence-corrected chi connectivity index (χ2v) is 5.57. The maximum atomic E-state index is 12.3. The van der Waals surface area contributed by atoms with E-state index in [1.54, 1.807) is 11.3 Å². The van der Waals surface area contributed by atoms with E-state index in [0.29, 0.717) is 32.5 Å². The highest BCUT2D eigenvalue weighted by atomic mass is 32.1. The Balaban J connectivity index is 1.75.